The maximum absolute atomic E-state index is 11.9. The molecule has 5 heteroatoms. The number of Topliss-reactive ketones (excluding diaryl/α,β-unsaturated/α-hetero) is 1. The number of hydrogen-bond donors (Lipinski definition) is 1. The second-order valence-corrected chi connectivity index (χ2v) is 5.85. The van der Waals surface area contributed by atoms with Crippen molar-refractivity contribution in [3.63, 3.8) is 0 Å². The monoisotopic (exact) mass is 303 g/mol. The van der Waals surface area contributed by atoms with E-state index in [1.165, 1.54) is 0 Å². The van der Waals surface area contributed by atoms with Gasteiger partial charge in [-0.15, -0.1) is 0 Å². The van der Waals surface area contributed by atoms with Crippen molar-refractivity contribution in [2.75, 3.05) is 13.1 Å². The lowest BCUT2D eigenvalue weighted by Crippen LogP contribution is -2.28. The minimum atomic E-state index is 0.0729. The molecule has 0 saturated carbocycles. The molecule has 3 rings (SSSR count). The van der Waals surface area contributed by atoms with E-state index in [4.69, 9.17) is 11.6 Å². The maximum Gasteiger partial charge on any atom is 0.163 e. The lowest BCUT2D eigenvalue weighted by atomic mass is 9.91. The molecule has 4 nitrogen and oxygen atoms in total. The summed E-state index contributed by atoms with van der Waals surface area (Å²) in [5.41, 5.74) is 2.71. The number of aromatic nitrogens is 2. The Balaban J connectivity index is 2.07. The van der Waals surface area contributed by atoms with Gasteiger partial charge in [0.2, 0.25) is 0 Å². The number of piperidine rings is 1. The summed E-state index contributed by atoms with van der Waals surface area (Å²) in [5, 5.41) is 8.50. The zero-order valence-electron chi connectivity index (χ0n) is 12.0. The molecule has 2 aromatic rings. The SMILES string of the molecule is CC(=O)c1cnn(-c2ccc(Cl)cc2)c1C1CCNCC1. The molecule has 0 atom stereocenters. The van der Waals surface area contributed by atoms with Crippen LogP contribution in [0.15, 0.2) is 30.5 Å². The van der Waals surface area contributed by atoms with Gasteiger partial charge in [-0.05, 0) is 57.1 Å². The summed E-state index contributed by atoms with van der Waals surface area (Å²) in [6.45, 7) is 3.56. The van der Waals surface area contributed by atoms with E-state index in [-0.39, 0.29) is 5.78 Å². The molecular formula is C16H18ClN3O. The highest BCUT2D eigenvalue weighted by molar-refractivity contribution is 6.30. The zero-order chi connectivity index (χ0) is 14.8. The molecule has 1 saturated heterocycles. The van der Waals surface area contributed by atoms with Gasteiger partial charge in [0.05, 0.1) is 23.1 Å². The van der Waals surface area contributed by atoms with Gasteiger partial charge in [0.25, 0.3) is 0 Å². The molecule has 0 aliphatic carbocycles. The average Bonchev–Trinajstić information content (AvgIpc) is 2.94. The summed E-state index contributed by atoms with van der Waals surface area (Å²) in [5.74, 6) is 0.437. The Bertz CT molecular complexity index is 642. The molecule has 0 bridgehead atoms. The van der Waals surface area contributed by atoms with Crippen molar-refractivity contribution in [3.05, 3.63) is 46.7 Å². The van der Waals surface area contributed by atoms with Crippen LogP contribution in [0.5, 0.6) is 0 Å². The minimum Gasteiger partial charge on any atom is -0.317 e. The number of halogens is 1. The van der Waals surface area contributed by atoms with E-state index in [0.717, 1.165) is 42.9 Å². The van der Waals surface area contributed by atoms with Crippen LogP contribution in [0.25, 0.3) is 5.69 Å². The molecule has 0 radical (unpaired) electrons. The van der Waals surface area contributed by atoms with Crippen molar-refractivity contribution in [2.24, 2.45) is 0 Å². The molecule has 1 fully saturated rings. The van der Waals surface area contributed by atoms with Crippen molar-refractivity contribution in [3.8, 4) is 5.69 Å². The van der Waals surface area contributed by atoms with Crippen LogP contribution in [0.2, 0.25) is 5.02 Å². The molecule has 110 valence electrons. The van der Waals surface area contributed by atoms with Crippen molar-refractivity contribution in [1.29, 1.82) is 0 Å². The van der Waals surface area contributed by atoms with E-state index in [1.807, 2.05) is 28.9 Å². The Kier molecular flexibility index (Phi) is 4.08. The quantitative estimate of drug-likeness (QED) is 0.886. The largest absolute Gasteiger partial charge is 0.317 e. The van der Waals surface area contributed by atoms with Crippen molar-refractivity contribution in [2.45, 2.75) is 25.7 Å². The smallest absolute Gasteiger partial charge is 0.163 e. The second kappa shape index (κ2) is 6.00. The van der Waals surface area contributed by atoms with Crippen LogP contribution in [0.4, 0.5) is 0 Å². The van der Waals surface area contributed by atoms with E-state index in [0.29, 0.717) is 10.9 Å². The van der Waals surface area contributed by atoms with Gasteiger partial charge in [-0.1, -0.05) is 11.6 Å². The molecular weight excluding hydrogens is 286 g/mol. The second-order valence-electron chi connectivity index (χ2n) is 5.41. The first-order chi connectivity index (χ1) is 10.2. The molecule has 1 aromatic carbocycles. The maximum atomic E-state index is 11.9. The number of ketones is 1. The van der Waals surface area contributed by atoms with E-state index < -0.39 is 0 Å². The van der Waals surface area contributed by atoms with Gasteiger partial charge in [0, 0.05) is 10.9 Å². The molecule has 0 unspecified atom stereocenters. The molecule has 21 heavy (non-hydrogen) atoms. The van der Waals surface area contributed by atoms with Gasteiger partial charge < -0.3 is 5.32 Å². The van der Waals surface area contributed by atoms with E-state index in [1.54, 1.807) is 13.1 Å². The Morgan fingerprint density at radius 3 is 2.57 bits per heavy atom. The van der Waals surface area contributed by atoms with E-state index >= 15 is 0 Å². The zero-order valence-corrected chi connectivity index (χ0v) is 12.7. The van der Waals surface area contributed by atoms with Crippen molar-refractivity contribution < 1.29 is 4.79 Å². The fourth-order valence-corrected chi connectivity index (χ4v) is 3.03. The standard InChI is InChI=1S/C16H18ClN3O/c1-11(21)15-10-19-20(14-4-2-13(17)3-5-14)16(15)12-6-8-18-9-7-12/h2-5,10,12,18H,6-9H2,1H3. The third-order valence-corrected chi connectivity index (χ3v) is 4.23. The van der Waals surface area contributed by atoms with Gasteiger partial charge in [-0.2, -0.15) is 5.10 Å². The first kappa shape index (κ1) is 14.3. The first-order valence-corrected chi connectivity index (χ1v) is 7.60. The Labute approximate surface area is 129 Å². The summed E-state index contributed by atoms with van der Waals surface area (Å²) >= 11 is 5.95. The number of nitrogens with zero attached hydrogens (tertiary/aromatic N) is 2. The lowest BCUT2D eigenvalue weighted by molar-refractivity contribution is 0.101. The lowest BCUT2D eigenvalue weighted by Gasteiger charge is -2.24. The summed E-state index contributed by atoms with van der Waals surface area (Å²) in [7, 11) is 0. The van der Waals surface area contributed by atoms with Crippen LogP contribution in [0.3, 0.4) is 0 Å². The fourth-order valence-electron chi connectivity index (χ4n) is 2.91. The summed E-state index contributed by atoms with van der Waals surface area (Å²) in [6, 6.07) is 7.56. The number of nitrogens with one attached hydrogen (secondary N) is 1. The first-order valence-electron chi connectivity index (χ1n) is 7.22. The predicted octanol–water partition coefficient (Wildman–Crippen LogP) is 3.20. The molecule has 1 aliphatic rings. The van der Waals surface area contributed by atoms with Gasteiger partial charge in [-0.3, -0.25) is 4.79 Å². The predicted molar refractivity (Wildman–Crippen MR) is 83.4 cm³/mol. The van der Waals surface area contributed by atoms with Crippen LogP contribution in [-0.2, 0) is 0 Å². The van der Waals surface area contributed by atoms with Gasteiger partial charge in [0.1, 0.15) is 0 Å². The van der Waals surface area contributed by atoms with E-state index in [2.05, 4.69) is 10.4 Å². The Morgan fingerprint density at radius 1 is 1.29 bits per heavy atom. The fraction of sp³-hybridized carbons (Fsp3) is 0.375. The third kappa shape index (κ3) is 2.87. The van der Waals surface area contributed by atoms with Gasteiger partial charge in [0.15, 0.2) is 5.78 Å². The highest BCUT2D eigenvalue weighted by Gasteiger charge is 2.25. The minimum absolute atomic E-state index is 0.0729. The number of benzene rings is 1. The van der Waals surface area contributed by atoms with Crippen LogP contribution >= 0.6 is 11.6 Å². The number of carbonyl (C=O) groups is 1. The Morgan fingerprint density at radius 2 is 1.95 bits per heavy atom. The number of carbonyl (C=O) groups excluding carboxylic acids is 1. The summed E-state index contributed by atoms with van der Waals surface area (Å²) in [4.78, 5) is 11.9. The van der Waals surface area contributed by atoms with Crippen LogP contribution < -0.4 is 5.32 Å². The normalized spacial score (nSPS) is 16.1. The van der Waals surface area contributed by atoms with Crippen LogP contribution in [0.1, 0.15) is 41.7 Å². The third-order valence-electron chi connectivity index (χ3n) is 3.98. The highest BCUT2D eigenvalue weighted by Crippen LogP contribution is 2.30. The van der Waals surface area contributed by atoms with E-state index in [9.17, 15) is 4.79 Å². The Hall–Kier alpha value is -1.65. The van der Waals surface area contributed by atoms with Crippen LogP contribution in [-0.4, -0.2) is 28.7 Å². The topological polar surface area (TPSA) is 46.9 Å². The van der Waals surface area contributed by atoms with Gasteiger partial charge in [-0.25, -0.2) is 4.68 Å². The molecule has 1 aliphatic heterocycles. The van der Waals surface area contributed by atoms with Crippen LogP contribution in [0, 0.1) is 0 Å². The number of hydrogen-bond acceptors (Lipinski definition) is 3. The summed E-state index contributed by atoms with van der Waals surface area (Å²) < 4.78 is 1.89. The molecule has 0 spiro atoms. The van der Waals surface area contributed by atoms with Crippen molar-refractivity contribution in [1.82, 2.24) is 15.1 Å². The molecule has 1 N–H and O–H groups in total. The molecule has 1 aromatic heterocycles. The summed E-state index contributed by atoms with van der Waals surface area (Å²) in [6.07, 6.45) is 3.74. The number of rotatable bonds is 3. The van der Waals surface area contributed by atoms with Gasteiger partial charge >= 0.3 is 0 Å². The average molecular weight is 304 g/mol. The molecule has 0 amide bonds. The van der Waals surface area contributed by atoms with Crippen molar-refractivity contribution >= 4 is 17.4 Å². The highest BCUT2D eigenvalue weighted by atomic mass is 35.5. The molecule has 2 heterocycles.